The molecular formula is C11H18N4O4S2. The molecule has 0 aliphatic carbocycles. The summed E-state index contributed by atoms with van der Waals surface area (Å²) in [5.74, 6) is 0. The van der Waals surface area contributed by atoms with E-state index in [9.17, 15) is 16.8 Å². The largest absolute Gasteiger partial charge is 0.399 e. The normalized spacial score (nSPS) is 17.9. The Labute approximate surface area is 124 Å². The standard InChI is InChI=1S/C11H18N4O4S2/c1-20(16,17)15-4-2-14(3-5-15)10-6-9(12)7-11(8-10)21(13,18)19/h6-8H,2-5,12H2,1H3,(H2,13,18,19). The van der Waals surface area contributed by atoms with Crippen LogP contribution in [0.5, 0.6) is 0 Å². The second kappa shape index (κ2) is 5.44. The molecule has 1 aliphatic rings. The van der Waals surface area contributed by atoms with Crippen molar-refractivity contribution in [3.8, 4) is 0 Å². The van der Waals surface area contributed by atoms with Crippen LogP contribution in [0.2, 0.25) is 0 Å². The molecule has 0 aromatic heterocycles. The minimum absolute atomic E-state index is 0.0527. The third-order valence-corrected chi connectivity index (χ3v) is 5.51. The predicted molar refractivity (Wildman–Crippen MR) is 80.9 cm³/mol. The zero-order valence-corrected chi connectivity index (χ0v) is 13.2. The van der Waals surface area contributed by atoms with E-state index in [1.54, 1.807) is 6.07 Å². The molecule has 0 spiro atoms. The Morgan fingerprint density at radius 3 is 2.05 bits per heavy atom. The van der Waals surface area contributed by atoms with Crippen molar-refractivity contribution in [3.63, 3.8) is 0 Å². The molecule has 8 nitrogen and oxygen atoms in total. The molecular weight excluding hydrogens is 316 g/mol. The number of hydrogen-bond donors (Lipinski definition) is 2. The number of rotatable bonds is 3. The van der Waals surface area contributed by atoms with E-state index in [1.807, 2.05) is 4.90 Å². The summed E-state index contributed by atoms with van der Waals surface area (Å²) in [6.45, 7) is 1.61. The quantitative estimate of drug-likeness (QED) is 0.683. The molecule has 4 N–H and O–H groups in total. The van der Waals surface area contributed by atoms with E-state index in [0.717, 1.165) is 0 Å². The van der Waals surface area contributed by atoms with E-state index in [-0.39, 0.29) is 4.90 Å². The van der Waals surface area contributed by atoms with E-state index in [0.29, 0.717) is 37.6 Å². The van der Waals surface area contributed by atoms with Gasteiger partial charge in [-0.15, -0.1) is 0 Å². The number of hydrogen-bond acceptors (Lipinski definition) is 6. The number of primary sulfonamides is 1. The average Bonchev–Trinajstić information content (AvgIpc) is 2.36. The van der Waals surface area contributed by atoms with Crippen molar-refractivity contribution >= 4 is 31.4 Å². The summed E-state index contributed by atoms with van der Waals surface area (Å²) in [6, 6.07) is 4.39. The van der Waals surface area contributed by atoms with Gasteiger partial charge in [0.05, 0.1) is 11.2 Å². The van der Waals surface area contributed by atoms with Crippen LogP contribution in [-0.4, -0.2) is 53.6 Å². The monoisotopic (exact) mass is 334 g/mol. The Morgan fingerprint density at radius 1 is 1.00 bits per heavy atom. The van der Waals surface area contributed by atoms with Crippen molar-refractivity contribution in [1.29, 1.82) is 0 Å². The van der Waals surface area contributed by atoms with Crippen molar-refractivity contribution in [1.82, 2.24) is 4.31 Å². The Balaban J connectivity index is 2.23. The van der Waals surface area contributed by atoms with Crippen LogP contribution >= 0.6 is 0 Å². The molecule has 2 rings (SSSR count). The first-order valence-corrected chi connectivity index (χ1v) is 9.60. The van der Waals surface area contributed by atoms with Gasteiger partial charge in [-0.2, -0.15) is 4.31 Å². The van der Waals surface area contributed by atoms with Crippen LogP contribution in [0.25, 0.3) is 0 Å². The molecule has 0 radical (unpaired) electrons. The topological polar surface area (TPSA) is 127 Å². The lowest BCUT2D eigenvalue weighted by molar-refractivity contribution is 0.388. The average molecular weight is 334 g/mol. The van der Waals surface area contributed by atoms with Gasteiger partial charge < -0.3 is 10.6 Å². The van der Waals surface area contributed by atoms with Gasteiger partial charge in [0.25, 0.3) is 0 Å². The van der Waals surface area contributed by atoms with Crippen LogP contribution in [0.15, 0.2) is 23.1 Å². The highest BCUT2D eigenvalue weighted by Crippen LogP contribution is 2.24. The number of benzene rings is 1. The van der Waals surface area contributed by atoms with Gasteiger partial charge in [-0.05, 0) is 18.2 Å². The maximum atomic E-state index is 11.5. The Hall–Kier alpha value is -1.36. The minimum Gasteiger partial charge on any atom is -0.399 e. The van der Waals surface area contributed by atoms with Crippen molar-refractivity contribution in [2.45, 2.75) is 4.90 Å². The summed E-state index contributed by atoms with van der Waals surface area (Å²) >= 11 is 0. The molecule has 1 heterocycles. The number of piperazine rings is 1. The number of nitrogens with two attached hydrogens (primary N) is 2. The van der Waals surface area contributed by atoms with E-state index in [1.165, 1.54) is 22.7 Å². The zero-order valence-electron chi connectivity index (χ0n) is 11.6. The highest BCUT2D eigenvalue weighted by atomic mass is 32.2. The van der Waals surface area contributed by atoms with Crippen LogP contribution in [0.3, 0.4) is 0 Å². The molecule has 118 valence electrons. The fourth-order valence-corrected chi connectivity index (χ4v) is 3.64. The van der Waals surface area contributed by atoms with Crippen molar-refractivity contribution in [2.75, 3.05) is 43.1 Å². The molecule has 1 aliphatic heterocycles. The van der Waals surface area contributed by atoms with Gasteiger partial charge in [0, 0.05) is 37.6 Å². The fourth-order valence-electron chi connectivity index (χ4n) is 2.23. The number of anilines is 2. The zero-order chi connectivity index (χ0) is 15.8. The van der Waals surface area contributed by atoms with E-state index >= 15 is 0 Å². The van der Waals surface area contributed by atoms with Gasteiger partial charge in [0.1, 0.15) is 0 Å². The summed E-state index contributed by atoms with van der Waals surface area (Å²) < 4.78 is 47.1. The van der Waals surface area contributed by atoms with Gasteiger partial charge >= 0.3 is 0 Å². The van der Waals surface area contributed by atoms with E-state index < -0.39 is 20.0 Å². The molecule has 21 heavy (non-hydrogen) atoms. The molecule has 0 amide bonds. The first-order valence-electron chi connectivity index (χ1n) is 6.21. The summed E-state index contributed by atoms with van der Waals surface area (Å²) in [5, 5.41) is 5.11. The molecule has 0 atom stereocenters. The molecule has 10 heteroatoms. The highest BCUT2D eigenvalue weighted by Gasteiger charge is 2.24. The number of nitrogens with zero attached hydrogens (tertiary/aromatic N) is 2. The van der Waals surface area contributed by atoms with Crippen LogP contribution in [0.4, 0.5) is 11.4 Å². The Bertz CT molecular complexity index is 737. The number of sulfonamides is 2. The van der Waals surface area contributed by atoms with Crippen molar-refractivity contribution in [2.24, 2.45) is 5.14 Å². The molecule has 0 saturated carbocycles. The minimum atomic E-state index is -3.83. The van der Waals surface area contributed by atoms with E-state index in [2.05, 4.69) is 0 Å². The summed E-state index contributed by atoms with van der Waals surface area (Å²) in [7, 11) is -7.04. The lowest BCUT2D eigenvalue weighted by Crippen LogP contribution is -2.48. The summed E-state index contributed by atoms with van der Waals surface area (Å²) in [4.78, 5) is 1.83. The van der Waals surface area contributed by atoms with Crippen LogP contribution < -0.4 is 15.8 Å². The highest BCUT2D eigenvalue weighted by molar-refractivity contribution is 7.89. The van der Waals surface area contributed by atoms with Gasteiger partial charge in [0.2, 0.25) is 20.0 Å². The van der Waals surface area contributed by atoms with Crippen LogP contribution in [-0.2, 0) is 20.0 Å². The fraction of sp³-hybridized carbons (Fsp3) is 0.455. The molecule has 1 aromatic rings. The molecule has 1 fully saturated rings. The summed E-state index contributed by atoms with van der Waals surface area (Å²) in [5.41, 5.74) is 6.62. The van der Waals surface area contributed by atoms with E-state index in [4.69, 9.17) is 10.9 Å². The molecule has 0 unspecified atom stereocenters. The van der Waals surface area contributed by atoms with Crippen molar-refractivity contribution in [3.05, 3.63) is 18.2 Å². The smallest absolute Gasteiger partial charge is 0.238 e. The second-order valence-corrected chi connectivity index (χ2v) is 8.50. The lowest BCUT2D eigenvalue weighted by atomic mass is 10.2. The van der Waals surface area contributed by atoms with Crippen LogP contribution in [0, 0.1) is 0 Å². The first kappa shape index (κ1) is 16.0. The third-order valence-electron chi connectivity index (χ3n) is 3.31. The predicted octanol–water partition coefficient (Wildman–Crippen LogP) is -1.00. The van der Waals surface area contributed by atoms with Gasteiger partial charge in [-0.25, -0.2) is 22.0 Å². The second-order valence-electron chi connectivity index (χ2n) is 4.95. The van der Waals surface area contributed by atoms with Crippen LogP contribution in [0.1, 0.15) is 0 Å². The maximum Gasteiger partial charge on any atom is 0.238 e. The van der Waals surface area contributed by atoms with Gasteiger partial charge in [-0.3, -0.25) is 0 Å². The lowest BCUT2D eigenvalue weighted by Gasteiger charge is -2.35. The maximum absolute atomic E-state index is 11.5. The molecule has 0 bridgehead atoms. The Kier molecular flexibility index (Phi) is 4.15. The molecule has 1 saturated heterocycles. The first-order chi connectivity index (χ1) is 9.57. The Morgan fingerprint density at radius 2 is 1.57 bits per heavy atom. The molecule has 1 aromatic carbocycles. The third kappa shape index (κ3) is 3.84. The van der Waals surface area contributed by atoms with Crippen molar-refractivity contribution < 1.29 is 16.8 Å². The van der Waals surface area contributed by atoms with Gasteiger partial charge in [-0.1, -0.05) is 0 Å². The van der Waals surface area contributed by atoms with Gasteiger partial charge in [0.15, 0.2) is 0 Å². The number of nitrogen functional groups attached to an aromatic ring is 1. The SMILES string of the molecule is CS(=O)(=O)N1CCN(c2cc(N)cc(S(N)(=O)=O)c2)CC1. The summed E-state index contributed by atoms with van der Waals surface area (Å²) in [6.07, 6.45) is 1.17.